The molecule has 5 heterocycles. The molecule has 416 valence electrons. The second-order valence-electron chi connectivity index (χ2n) is 20.8. The Bertz CT molecular complexity index is 3240. The number of benzene rings is 3. The van der Waals surface area contributed by atoms with Crippen LogP contribution in [0, 0.1) is 11.8 Å². The van der Waals surface area contributed by atoms with Crippen LogP contribution in [0.2, 0.25) is 0 Å². The highest BCUT2D eigenvalue weighted by Crippen LogP contribution is 2.59. The Hall–Kier alpha value is -7.80. The van der Waals surface area contributed by atoms with Crippen LogP contribution in [-0.2, 0) is 55.9 Å². The second kappa shape index (κ2) is 22.9. The molecule has 0 bridgehead atoms. The minimum absolute atomic E-state index is 0.00336. The molecule has 3 aromatic carbocycles. The number of piperidine rings is 1. The lowest BCUT2D eigenvalue weighted by Gasteiger charge is -2.39. The van der Waals surface area contributed by atoms with Crippen LogP contribution in [-0.4, -0.2) is 126 Å². The Labute approximate surface area is 452 Å². The summed E-state index contributed by atoms with van der Waals surface area (Å²) < 4.78 is 41.0. The number of alkyl halides is 2. The molecule has 21 nitrogen and oxygen atoms in total. The number of imide groups is 1. The van der Waals surface area contributed by atoms with Gasteiger partial charge in [0, 0.05) is 79.0 Å². The van der Waals surface area contributed by atoms with Crippen LogP contribution in [0.25, 0.3) is 10.9 Å². The number of unbranched alkanes of at least 4 members (excludes halogenated alkanes) is 3. The number of nitrogens with two attached hydrogens (primary N) is 1. The van der Waals surface area contributed by atoms with E-state index in [-0.39, 0.29) is 98.9 Å². The molecule has 24 heteroatoms. The average molecular weight is 1110 g/mol. The van der Waals surface area contributed by atoms with Crippen LogP contribution in [0.3, 0.4) is 0 Å². The first-order valence-corrected chi connectivity index (χ1v) is 27.9. The van der Waals surface area contributed by atoms with Gasteiger partial charge in [-0.1, -0.05) is 60.7 Å². The predicted octanol–water partition coefficient (Wildman–Crippen LogP) is 3.40. The molecule has 4 aromatic rings. The number of fused-ring (bicyclic) bond motifs is 3. The zero-order valence-electron chi connectivity index (χ0n) is 42.9. The van der Waals surface area contributed by atoms with Gasteiger partial charge in [-0.05, 0) is 99.2 Å². The van der Waals surface area contributed by atoms with Gasteiger partial charge in [0.1, 0.15) is 29.9 Å². The van der Waals surface area contributed by atoms with Crippen molar-refractivity contribution in [2.75, 3.05) is 13.1 Å². The Morgan fingerprint density at radius 3 is 2.41 bits per heavy atom. The summed E-state index contributed by atoms with van der Waals surface area (Å²) >= 11 is 0. The summed E-state index contributed by atoms with van der Waals surface area (Å²) in [5.41, 5.74) is 1.93. The molecule has 5 aliphatic rings. The van der Waals surface area contributed by atoms with Crippen LogP contribution >= 0.6 is 7.60 Å². The SMILES string of the molecule is NC(=O)CCC(NC(=O)[C@@H]1CC[C@@H]2CCN(C(=O)CCCCCC#Cc3cccc4c3CN(C3CCC(=O)NC3=O)C4=O)C[C@H](NC(=O)c3cc4cc(C(F)(F)P(=O)(O)O)ccc4[nH]3)C(=O)N21)C(=O)NC1(c2ccccc2)CC1. The van der Waals surface area contributed by atoms with Crippen molar-refractivity contribution in [3.05, 3.63) is 106 Å². The monoisotopic (exact) mass is 1110 g/mol. The molecule has 3 saturated heterocycles. The number of amides is 9. The fourth-order valence-corrected chi connectivity index (χ4v) is 11.5. The third-order valence-electron chi connectivity index (χ3n) is 15.5. The van der Waals surface area contributed by atoms with E-state index in [1.807, 2.05) is 30.3 Å². The molecule has 9 rings (SSSR count). The van der Waals surface area contributed by atoms with E-state index in [4.69, 9.17) is 5.73 Å². The van der Waals surface area contributed by atoms with Gasteiger partial charge < -0.3 is 51.2 Å². The van der Waals surface area contributed by atoms with Gasteiger partial charge in [-0.3, -0.25) is 53.0 Å². The van der Waals surface area contributed by atoms with Crippen molar-refractivity contribution in [3.8, 4) is 11.8 Å². The van der Waals surface area contributed by atoms with E-state index in [1.165, 1.54) is 20.8 Å². The van der Waals surface area contributed by atoms with Gasteiger partial charge in [-0.2, -0.15) is 8.78 Å². The standard InChI is InChI=1S/C55H60F2N9O12P/c56-55(57,79(76,77)78)35-16-18-39-33(28-35)29-41(59-39)48(70)61-42-31-64(47(69)15-8-3-1-2-5-10-32-11-9-14-37-38(32)30-65(52(37)74)43-21-23-46(68)62-50(43)72)27-24-36-17-20-44(66(36)53(42)75)51(73)60-40(19-22-45(58)67)49(71)63-54(25-26-54)34-12-6-4-7-13-34/h4,6-7,9,11-14,16,18,28-29,36,40,42-44,59H,1-3,8,15,17,19-27,30-31H2,(H2,58,67)(H,60,73)(H,61,70)(H,63,71)(H,62,68,72)(H2,76,77,78)/t36-,40?,42+,43?,44+/m1/s1. The van der Waals surface area contributed by atoms with Crippen molar-refractivity contribution in [1.29, 1.82) is 0 Å². The number of hydrogen-bond donors (Lipinski definition) is 8. The fourth-order valence-electron chi connectivity index (χ4n) is 11.0. The van der Waals surface area contributed by atoms with E-state index in [1.54, 1.807) is 18.2 Å². The lowest BCUT2D eigenvalue weighted by atomic mass is 10.0. The molecule has 5 atom stereocenters. The minimum atomic E-state index is -5.92. The number of aromatic amines is 1. The largest absolute Gasteiger partial charge is 0.399 e. The van der Waals surface area contributed by atoms with Crippen LogP contribution < -0.4 is 27.0 Å². The van der Waals surface area contributed by atoms with Crippen molar-refractivity contribution in [1.82, 2.24) is 41.0 Å². The van der Waals surface area contributed by atoms with E-state index in [9.17, 15) is 66.3 Å². The molecule has 2 unspecified atom stereocenters. The molecule has 4 aliphatic heterocycles. The van der Waals surface area contributed by atoms with Gasteiger partial charge in [0.25, 0.3) is 11.8 Å². The smallest absolute Gasteiger partial charge is 0.370 e. The molecular formula is C55H60F2N9O12P. The number of nitrogens with one attached hydrogen (secondary N) is 5. The molecule has 9 amide bonds. The highest BCUT2D eigenvalue weighted by molar-refractivity contribution is 7.52. The maximum atomic E-state index is 14.9. The van der Waals surface area contributed by atoms with E-state index in [0.29, 0.717) is 61.6 Å². The highest BCUT2D eigenvalue weighted by Gasteiger charge is 2.51. The molecule has 1 aliphatic carbocycles. The van der Waals surface area contributed by atoms with Gasteiger partial charge in [0.05, 0.1) is 5.54 Å². The predicted molar refractivity (Wildman–Crippen MR) is 279 cm³/mol. The lowest BCUT2D eigenvalue weighted by Crippen LogP contribution is -2.62. The lowest BCUT2D eigenvalue weighted by molar-refractivity contribution is -0.145. The quantitative estimate of drug-likeness (QED) is 0.0308. The number of H-pyrrole nitrogens is 1. The number of hydrogen-bond acceptors (Lipinski definition) is 10. The number of carbonyl (C=O) groups excluding carboxylic acids is 9. The van der Waals surface area contributed by atoms with Crippen molar-refractivity contribution >= 4 is 71.7 Å². The molecule has 1 aromatic heterocycles. The van der Waals surface area contributed by atoms with Crippen LogP contribution in [0.15, 0.2) is 72.8 Å². The van der Waals surface area contributed by atoms with Crippen LogP contribution in [0.4, 0.5) is 8.78 Å². The Morgan fingerprint density at radius 1 is 0.911 bits per heavy atom. The average Bonchev–Trinajstić information content (AvgIpc) is 3.93. The third kappa shape index (κ3) is 12.1. The third-order valence-corrected chi connectivity index (χ3v) is 16.5. The van der Waals surface area contributed by atoms with Crippen molar-refractivity contribution in [2.24, 2.45) is 5.73 Å². The summed E-state index contributed by atoms with van der Waals surface area (Å²) in [5, 5.41) is 10.8. The molecule has 0 radical (unpaired) electrons. The topological polar surface area (TPSA) is 311 Å². The van der Waals surface area contributed by atoms with Crippen molar-refractivity contribution in [3.63, 3.8) is 0 Å². The minimum Gasteiger partial charge on any atom is -0.370 e. The molecule has 79 heavy (non-hydrogen) atoms. The van der Waals surface area contributed by atoms with Crippen molar-refractivity contribution < 1.29 is 66.3 Å². The van der Waals surface area contributed by atoms with Gasteiger partial charge >= 0.3 is 13.3 Å². The zero-order valence-corrected chi connectivity index (χ0v) is 43.8. The highest BCUT2D eigenvalue weighted by atomic mass is 31.2. The van der Waals surface area contributed by atoms with Gasteiger partial charge in [0.15, 0.2) is 0 Å². The normalized spacial score (nSPS) is 21.2. The summed E-state index contributed by atoms with van der Waals surface area (Å²) in [6.07, 6.45) is 4.30. The molecule has 4 fully saturated rings. The molecule has 1 saturated carbocycles. The van der Waals surface area contributed by atoms with Gasteiger partial charge in [-0.15, -0.1) is 0 Å². The summed E-state index contributed by atoms with van der Waals surface area (Å²) in [5.74, 6) is 1.31. The molecule has 9 N–H and O–H groups in total. The number of halogens is 2. The summed E-state index contributed by atoms with van der Waals surface area (Å²) in [6.45, 7) is 0.00267. The first-order valence-electron chi connectivity index (χ1n) is 26.3. The molecule has 0 spiro atoms. The zero-order chi connectivity index (χ0) is 56.4. The number of aromatic nitrogens is 1. The maximum Gasteiger partial charge on any atom is 0.399 e. The van der Waals surface area contributed by atoms with Gasteiger partial charge in [0.2, 0.25) is 41.4 Å². The summed E-state index contributed by atoms with van der Waals surface area (Å²) in [7, 11) is -5.92. The second-order valence-corrected chi connectivity index (χ2v) is 22.5. The molecular weight excluding hydrogens is 1050 g/mol. The summed E-state index contributed by atoms with van der Waals surface area (Å²) in [6, 6.07) is 13.3. The van der Waals surface area contributed by atoms with Crippen molar-refractivity contribution in [2.45, 2.75) is 138 Å². The number of rotatable bonds is 18. The van der Waals surface area contributed by atoms with Crippen LogP contribution in [0.1, 0.15) is 133 Å². The fraction of sp³-hybridized carbons (Fsp3) is 0.436. The van der Waals surface area contributed by atoms with Crippen LogP contribution in [0.5, 0.6) is 0 Å². The summed E-state index contributed by atoms with van der Waals surface area (Å²) in [4.78, 5) is 147. The maximum absolute atomic E-state index is 14.9. The van der Waals surface area contributed by atoms with Gasteiger partial charge in [-0.25, -0.2) is 0 Å². The Morgan fingerprint density at radius 2 is 1.68 bits per heavy atom. The van der Waals surface area contributed by atoms with E-state index in [0.717, 1.165) is 23.8 Å². The first kappa shape index (κ1) is 55.9. The van der Waals surface area contributed by atoms with E-state index >= 15 is 0 Å². The number of nitrogens with zero attached hydrogens (tertiary/aromatic N) is 3. The first-order chi connectivity index (χ1) is 37.6. The number of primary amides is 1. The Balaban J connectivity index is 0.873. The Kier molecular flexibility index (Phi) is 16.2. The van der Waals surface area contributed by atoms with E-state index in [2.05, 4.69) is 38.1 Å². The van der Waals surface area contributed by atoms with E-state index < -0.39 is 90.0 Å². The number of carbonyl (C=O) groups is 9.